The van der Waals surface area contributed by atoms with Gasteiger partial charge >= 0.3 is 5.97 Å². The topological polar surface area (TPSA) is 98.2 Å². The summed E-state index contributed by atoms with van der Waals surface area (Å²) in [6.45, 7) is 0.250. The Morgan fingerprint density at radius 3 is 2.39 bits per heavy atom. The molecule has 2 atom stereocenters. The molecule has 1 saturated heterocycles. The molecule has 1 aromatic carbocycles. The van der Waals surface area contributed by atoms with E-state index in [4.69, 9.17) is 0 Å². The van der Waals surface area contributed by atoms with Gasteiger partial charge in [-0.3, -0.25) is 14.4 Å². The van der Waals surface area contributed by atoms with Crippen LogP contribution in [-0.2, 0) is 20.8 Å². The summed E-state index contributed by atoms with van der Waals surface area (Å²) in [6, 6.07) is 9.43. The van der Waals surface area contributed by atoms with E-state index in [-0.39, 0.29) is 50.1 Å². The Balaban J connectivity index is 1.62. The number of hydrogen-bond donors (Lipinski definition) is 2. The van der Waals surface area contributed by atoms with E-state index in [2.05, 4.69) is 0 Å². The van der Waals surface area contributed by atoms with Gasteiger partial charge in [0.05, 0.1) is 6.10 Å². The standard InChI is InChI=1S/C24H34N2O5/c1-25(19-10-6-3-7-11-19)21(28)12-13-22(29)26-15-14-20(27)24(17-26,23(30)31)16-18-8-4-2-5-9-18/h2,4-5,8-9,19-20,27H,3,6-7,10-17H2,1H3,(H,30,31)/t20?,24-/m0/s1. The van der Waals surface area contributed by atoms with Crippen LogP contribution in [0, 0.1) is 5.41 Å². The molecule has 170 valence electrons. The van der Waals surface area contributed by atoms with Crippen molar-refractivity contribution in [3.63, 3.8) is 0 Å². The van der Waals surface area contributed by atoms with Crippen LogP contribution < -0.4 is 0 Å². The SMILES string of the molecule is CN(C(=O)CCC(=O)N1CCC(O)[C@@](Cc2ccccc2)(C(=O)O)C1)C1CCCCC1. The van der Waals surface area contributed by atoms with Crippen molar-refractivity contribution in [1.82, 2.24) is 9.80 Å². The average Bonchev–Trinajstić information content (AvgIpc) is 2.79. The molecular formula is C24H34N2O5. The number of likely N-dealkylation sites (tertiary alicyclic amines) is 1. The van der Waals surface area contributed by atoms with Crippen molar-refractivity contribution in [3.8, 4) is 0 Å². The van der Waals surface area contributed by atoms with Gasteiger partial charge in [-0.05, 0) is 31.2 Å². The lowest BCUT2D eigenvalue weighted by molar-refractivity contribution is -0.166. The second-order valence-corrected chi connectivity index (χ2v) is 9.04. The van der Waals surface area contributed by atoms with E-state index in [1.165, 1.54) is 11.3 Å². The van der Waals surface area contributed by atoms with Crippen molar-refractivity contribution in [3.05, 3.63) is 35.9 Å². The lowest BCUT2D eigenvalue weighted by Gasteiger charge is -2.43. The summed E-state index contributed by atoms with van der Waals surface area (Å²) >= 11 is 0. The van der Waals surface area contributed by atoms with Crippen LogP contribution in [0.25, 0.3) is 0 Å². The van der Waals surface area contributed by atoms with Gasteiger partial charge in [0.15, 0.2) is 0 Å². The normalized spacial score (nSPS) is 24.6. The molecule has 0 spiro atoms. The molecule has 3 rings (SSSR count). The van der Waals surface area contributed by atoms with Gasteiger partial charge in [0.1, 0.15) is 5.41 Å². The fraction of sp³-hybridized carbons (Fsp3) is 0.625. The Kier molecular flexibility index (Phi) is 7.70. The van der Waals surface area contributed by atoms with Crippen molar-refractivity contribution in [1.29, 1.82) is 0 Å². The number of nitrogens with zero attached hydrogens (tertiary/aromatic N) is 2. The second kappa shape index (κ2) is 10.3. The highest BCUT2D eigenvalue weighted by atomic mass is 16.4. The molecule has 0 bridgehead atoms. The Bertz CT molecular complexity index is 777. The summed E-state index contributed by atoms with van der Waals surface area (Å²) in [5, 5.41) is 20.6. The van der Waals surface area contributed by atoms with E-state index in [0.717, 1.165) is 31.2 Å². The Labute approximate surface area is 184 Å². The molecule has 0 radical (unpaired) electrons. The summed E-state index contributed by atoms with van der Waals surface area (Å²) in [4.78, 5) is 41.0. The number of carbonyl (C=O) groups excluding carboxylic acids is 2. The van der Waals surface area contributed by atoms with Crippen LogP contribution in [0.3, 0.4) is 0 Å². The fourth-order valence-electron chi connectivity index (χ4n) is 4.93. The highest BCUT2D eigenvalue weighted by Crippen LogP contribution is 2.35. The van der Waals surface area contributed by atoms with E-state index < -0.39 is 17.5 Å². The molecule has 31 heavy (non-hydrogen) atoms. The summed E-state index contributed by atoms with van der Waals surface area (Å²) in [5.41, 5.74) is -0.638. The summed E-state index contributed by atoms with van der Waals surface area (Å²) < 4.78 is 0. The first-order valence-corrected chi connectivity index (χ1v) is 11.3. The molecular weight excluding hydrogens is 396 g/mol. The zero-order valence-electron chi connectivity index (χ0n) is 18.3. The number of carboxylic acid groups (broad SMARTS) is 1. The molecule has 1 aliphatic carbocycles. The molecule has 7 heteroatoms. The zero-order chi connectivity index (χ0) is 22.4. The molecule has 7 nitrogen and oxygen atoms in total. The van der Waals surface area contributed by atoms with Crippen molar-refractivity contribution >= 4 is 17.8 Å². The number of carboxylic acids is 1. The third-order valence-corrected chi connectivity index (χ3v) is 6.99. The van der Waals surface area contributed by atoms with Crippen LogP contribution in [0.2, 0.25) is 0 Å². The number of aliphatic hydroxyl groups excluding tert-OH is 1. The summed E-state index contributed by atoms with van der Waals surface area (Å²) in [7, 11) is 1.81. The van der Waals surface area contributed by atoms with E-state index >= 15 is 0 Å². The minimum absolute atomic E-state index is 0.0360. The van der Waals surface area contributed by atoms with E-state index in [1.54, 1.807) is 4.90 Å². The third kappa shape index (κ3) is 5.45. The van der Waals surface area contributed by atoms with E-state index in [0.29, 0.717) is 6.54 Å². The number of aliphatic hydroxyl groups is 1. The average molecular weight is 431 g/mol. The van der Waals surface area contributed by atoms with Crippen LogP contribution in [0.5, 0.6) is 0 Å². The number of hydrogen-bond acceptors (Lipinski definition) is 4. The quantitative estimate of drug-likeness (QED) is 0.693. The Morgan fingerprint density at radius 2 is 1.74 bits per heavy atom. The number of piperidine rings is 1. The monoisotopic (exact) mass is 430 g/mol. The predicted molar refractivity (Wildman–Crippen MR) is 116 cm³/mol. The van der Waals surface area contributed by atoms with Gasteiger partial charge in [-0.1, -0.05) is 49.6 Å². The van der Waals surface area contributed by atoms with Crippen LogP contribution in [-0.4, -0.2) is 70.1 Å². The molecule has 1 aromatic rings. The smallest absolute Gasteiger partial charge is 0.314 e. The fourth-order valence-corrected chi connectivity index (χ4v) is 4.93. The molecule has 1 aliphatic heterocycles. The molecule has 0 aromatic heterocycles. The second-order valence-electron chi connectivity index (χ2n) is 9.04. The first-order chi connectivity index (χ1) is 14.8. The van der Waals surface area contributed by atoms with Crippen LogP contribution >= 0.6 is 0 Å². The molecule has 1 unspecified atom stereocenters. The largest absolute Gasteiger partial charge is 0.481 e. The first-order valence-electron chi connectivity index (χ1n) is 11.3. The van der Waals surface area contributed by atoms with Gasteiger partial charge in [0, 0.05) is 39.0 Å². The Hall–Kier alpha value is -2.41. The maximum Gasteiger partial charge on any atom is 0.314 e. The molecule has 2 fully saturated rings. The van der Waals surface area contributed by atoms with Gasteiger partial charge < -0.3 is 20.0 Å². The predicted octanol–water partition coefficient (Wildman–Crippen LogP) is 2.46. The molecule has 2 amide bonds. The Morgan fingerprint density at radius 1 is 1.06 bits per heavy atom. The number of aliphatic carboxylic acids is 1. The van der Waals surface area contributed by atoms with Gasteiger partial charge in [-0.15, -0.1) is 0 Å². The van der Waals surface area contributed by atoms with E-state index in [1.807, 2.05) is 37.4 Å². The maximum atomic E-state index is 12.9. The van der Waals surface area contributed by atoms with Gasteiger partial charge in [0.2, 0.25) is 11.8 Å². The van der Waals surface area contributed by atoms with Gasteiger partial charge in [-0.25, -0.2) is 0 Å². The zero-order valence-corrected chi connectivity index (χ0v) is 18.3. The highest BCUT2D eigenvalue weighted by molar-refractivity contribution is 5.85. The number of amides is 2. The third-order valence-electron chi connectivity index (χ3n) is 6.99. The maximum absolute atomic E-state index is 12.9. The highest BCUT2D eigenvalue weighted by Gasteiger charge is 2.50. The molecule has 1 saturated carbocycles. The summed E-state index contributed by atoms with van der Waals surface area (Å²) in [6.07, 6.45) is 5.03. The number of carbonyl (C=O) groups is 3. The van der Waals surface area contributed by atoms with Crippen LogP contribution in [0.4, 0.5) is 0 Å². The van der Waals surface area contributed by atoms with Crippen molar-refractivity contribution in [2.75, 3.05) is 20.1 Å². The minimum Gasteiger partial charge on any atom is -0.481 e. The lowest BCUT2D eigenvalue weighted by Crippen LogP contribution is -2.58. The van der Waals surface area contributed by atoms with E-state index in [9.17, 15) is 24.6 Å². The van der Waals surface area contributed by atoms with Crippen molar-refractivity contribution < 1.29 is 24.6 Å². The van der Waals surface area contributed by atoms with Crippen LogP contribution in [0.1, 0.15) is 56.9 Å². The number of rotatable bonds is 7. The first kappa shape index (κ1) is 23.3. The number of benzene rings is 1. The molecule has 2 N–H and O–H groups in total. The van der Waals surface area contributed by atoms with Gasteiger partial charge in [0.25, 0.3) is 0 Å². The summed E-state index contributed by atoms with van der Waals surface area (Å²) in [5.74, 6) is -1.36. The van der Waals surface area contributed by atoms with Crippen molar-refractivity contribution in [2.45, 2.75) is 69.9 Å². The van der Waals surface area contributed by atoms with Crippen molar-refractivity contribution in [2.24, 2.45) is 5.41 Å². The minimum atomic E-state index is -1.45. The van der Waals surface area contributed by atoms with Crippen LogP contribution in [0.15, 0.2) is 30.3 Å². The molecule has 1 heterocycles. The lowest BCUT2D eigenvalue weighted by atomic mass is 9.72. The molecule has 2 aliphatic rings. The van der Waals surface area contributed by atoms with Gasteiger partial charge in [-0.2, -0.15) is 0 Å².